The molecule has 1 aromatic carbocycles. The quantitative estimate of drug-likeness (QED) is 0.358. The van der Waals surface area contributed by atoms with Crippen LogP contribution in [-0.4, -0.2) is 43.6 Å². The van der Waals surface area contributed by atoms with Crippen molar-refractivity contribution in [3.63, 3.8) is 0 Å². The van der Waals surface area contributed by atoms with Gasteiger partial charge in [-0.1, -0.05) is 30.2 Å². The van der Waals surface area contributed by atoms with Crippen LogP contribution in [0.2, 0.25) is 0 Å². The van der Waals surface area contributed by atoms with Crippen LogP contribution >= 0.6 is 24.0 Å². The summed E-state index contributed by atoms with van der Waals surface area (Å²) in [6.07, 6.45) is 5.39. The number of aliphatic imine (C=N–C) groups is 1. The number of hydrogen-bond donors (Lipinski definition) is 1. The van der Waals surface area contributed by atoms with Crippen molar-refractivity contribution in [3.05, 3.63) is 35.4 Å². The highest BCUT2D eigenvalue weighted by molar-refractivity contribution is 14.0. The fourth-order valence-corrected chi connectivity index (χ4v) is 2.52. The van der Waals surface area contributed by atoms with Crippen molar-refractivity contribution in [1.82, 2.24) is 10.2 Å². The van der Waals surface area contributed by atoms with E-state index < -0.39 is 0 Å². The number of morpholine rings is 1. The summed E-state index contributed by atoms with van der Waals surface area (Å²) in [6, 6.07) is 8.37. The third kappa shape index (κ3) is 4.89. The van der Waals surface area contributed by atoms with Gasteiger partial charge in [-0.3, -0.25) is 0 Å². The van der Waals surface area contributed by atoms with Crippen molar-refractivity contribution in [1.29, 1.82) is 0 Å². The zero-order valence-corrected chi connectivity index (χ0v) is 15.5. The fourth-order valence-electron chi connectivity index (χ4n) is 2.52. The molecule has 1 fully saturated rings. The van der Waals surface area contributed by atoms with Gasteiger partial charge in [0, 0.05) is 13.1 Å². The van der Waals surface area contributed by atoms with Crippen LogP contribution in [0.5, 0.6) is 0 Å². The summed E-state index contributed by atoms with van der Waals surface area (Å²) in [4.78, 5) is 6.67. The van der Waals surface area contributed by atoms with Gasteiger partial charge in [0.25, 0.3) is 0 Å². The highest BCUT2D eigenvalue weighted by atomic mass is 127. The van der Waals surface area contributed by atoms with Gasteiger partial charge < -0.3 is 15.0 Å². The molecule has 0 radical (unpaired) electrons. The van der Waals surface area contributed by atoms with Crippen molar-refractivity contribution in [3.8, 4) is 12.3 Å². The molecule has 2 rings (SSSR count). The fraction of sp³-hybridized carbons (Fsp3) is 0.471. The summed E-state index contributed by atoms with van der Waals surface area (Å²) < 4.78 is 5.94. The number of guanidine groups is 1. The number of nitrogens with zero attached hydrogens (tertiary/aromatic N) is 2. The van der Waals surface area contributed by atoms with Crippen LogP contribution < -0.4 is 5.32 Å². The molecule has 1 aliphatic heterocycles. The van der Waals surface area contributed by atoms with Crippen molar-refractivity contribution in [2.45, 2.75) is 20.0 Å². The third-order valence-electron chi connectivity index (χ3n) is 3.56. The lowest BCUT2D eigenvalue weighted by Gasteiger charge is -2.35. The highest BCUT2D eigenvalue weighted by Crippen LogP contribution is 2.24. The van der Waals surface area contributed by atoms with Crippen molar-refractivity contribution >= 4 is 29.9 Å². The normalized spacial score (nSPS) is 18.3. The molecule has 0 aliphatic carbocycles. The van der Waals surface area contributed by atoms with Gasteiger partial charge in [0.05, 0.1) is 13.2 Å². The Labute approximate surface area is 150 Å². The first-order chi connectivity index (χ1) is 10.3. The lowest BCUT2D eigenvalue weighted by atomic mass is 10.0. The average Bonchev–Trinajstić information content (AvgIpc) is 2.52. The van der Waals surface area contributed by atoms with Crippen LogP contribution in [0.3, 0.4) is 0 Å². The SMILES string of the molecule is C#CCN=C(NCC)N1CCOC(c2ccccc2C)C1.I. The summed E-state index contributed by atoms with van der Waals surface area (Å²) in [5, 5.41) is 3.30. The number of ether oxygens (including phenoxy) is 1. The van der Waals surface area contributed by atoms with E-state index in [0.717, 1.165) is 25.6 Å². The maximum absolute atomic E-state index is 5.94. The van der Waals surface area contributed by atoms with E-state index in [1.807, 2.05) is 0 Å². The largest absolute Gasteiger partial charge is 0.370 e. The van der Waals surface area contributed by atoms with Crippen LogP contribution in [0, 0.1) is 19.3 Å². The third-order valence-corrected chi connectivity index (χ3v) is 3.56. The van der Waals surface area contributed by atoms with E-state index in [0.29, 0.717) is 13.2 Å². The number of terminal acetylenes is 1. The van der Waals surface area contributed by atoms with Gasteiger partial charge in [-0.2, -0.15) is 0 Å². The van der Waals surface area contributed by atoms with Gasteiger partial charge in [-0.25, -0.2) is 4.99 Å². The predicted molar refractivity (Wildman–Crippen MR) is 102 cm³/mol. The molecule has 5 heteroatoms. The van der Waals surface area contributed by atoms with Gasteiger partial charge in [-0.15, -0.1) is 30.4 Å². The molecular formula is C17H24IN3O. The zero-order chi connectivity index (χ0) is 15.1. The molecule has 1 aromatic rings. The molecule has 120 valence electrons. The monoisotopic (exact) mass is 413 g/mol. The zero-order valence-electron chi connectivity index (χ0n) is 13.2. The lowest BCUT2D eigenvalue weighted by Crippen LogP contribution is -2.48. The van der Waals surface area contributed by atoms with Gasteiger partial charge in [-0.05, 0) is 25.0 Å². The second-order valence-corrected chi connectivity index (χ2v) is 5.04. The summed E-state index contributed by atoms with van der Waals surface area (Å²) in [5.41, 5.74) is 2.50. The predicted octanol–water partition coefficient (Wildman–Crippen LogP) is 2.59. The van der Waals surface area contributed by atoms with E-state index in [2.05, 4.69) is 59.2 Å². The van der Waals surface area contributed by atoms with E-state index >= 15 is 0 Å². The van der Waals surface area contributed by atoms with E-state index in [9.17, 15) is 0 Å². The number of aryl methyl sites for hydroxylation is 1. The smallest absolute Gasteiger partial charge is 0.195 e. The Morgan fingerprint density at radius 1 is 1.50 bits per heavy atom. The maximum atomic E-state index is 5.94. The van der Waals surface area contributed by atoms with E-state index in [1.165, 1.54) is 11.1 Å². The molecule has 1 heterocycles. The molecule has 1 unspecified atom stereocenters. The molecule has 0 bridgehead atoms. The van der Waals surface area contributed by atoms with Crippen molar-refractivity contribution < 1.29 is 4.74 Å². The number of benzene rings is 1. The molecule has 1 atom stereocenters. The van der Waals surface area contributed by atoms with E-state index in [1.54, 1.807) is 0 Å². The second-order valence-electron chi connectivity index (χ2n) is 5.04. The Morgan fingerprint density at radius 3 is 2.95 bits per heavy atom. The topological polar surface area (TPSA) is 36.9 Å². The van der Waals surface area contributed by atoms with Crippen LogP contribution in [0.25, 0.3) is 0 Å². The molecule has 1 N–H and O–H groups in total. The van der Waals surface area contributed by atoms with Gasteiger partial charge >= 0.3 is 0 Å². The summed E-state index contributed by atoms with van der Waals surface area (Å²) in [7, 11) is 0. The number of rotatable bonds is 3. The minimum Gasteiger partial charge on any atom is -0.370 e. The number of hydrogen-bond acceptors (Lipinski definition) is 2. The Kier molecular flexibility index (Phi) is 8.28. The van der Waals surface area contributed by atoms with Crippen LogP contribution in [0.15, 0.2) is 29.3 Å². The highest BCUT2D eigenvalue weighted by Gasteiger charge is 2.24. The molecule has 1 aliphatic rings. The Bertz CT molecular complexity index is 539. The second kappa shape index (κ2) is 9.70. The van der Waals surface area contributed by atoms with Gasteiger partial charge in [0.1, 0.15) is 12.6 Å². The van der Waals surface area contributed by atoms with Crippen molar-refractivity contribution in [2.75, 3.05) is 32.8 Å². The standard InChI is InChI=1S/C17H23N3O.HI/c1-4-10-19-17(18-5-2)20-11-12-21-16(13-20)15-9-7-6-8-14(15)3;/h1,6-9,16H,5,10-13H2,2-3H3,(H,18,19);1H. The molecule has 4 nitrogen and oxygen atoms in total. The summed E-state index contributed by atoms with van der Waals surface area (Å²) >= 11 is 0. The maximum Gasteiger partial charge on any atom is 0.195 e. The molecule has 0 aromatic heterocycles. The first kappa shape index (κ1) is 18.8. The van der Waals surface area contributed by atoms with Gasteiger partial charge in [0.2, 0.25) is 0 Å². The first-order valence-corrected chi connectivity index (χ1v) is 7.40. The minimum absolute atomic E-state index is 0. The molecule has 22 heavy (non-hydrogen) atoms. The summed E-state index contributed by atoms with van der Waals surface area (Å²) in [6.45, 7) is 7.73. The molecule has 1 saturated heterocycles. The average molecular weight is 413 g/mol. The Hall–Kier alpha value is -1.26. The van der Waals surface area contributed by atoms with Gasteiger partial charge in [0.15, 0.2) is 5.96 Å². The van der Waals surface area contributed by atoms with E-state index in [-0.39, 0.29) is 30.1 Å². The minimum atomic E-state index is 0. The van der Waals surface area contributed by atoms with Crippen LogP contribution in [0.4, 0.5) is 0 Å². The van der Waals surface area contributed by atoms with Crippen molar-refractivity contribution in [2.24, 2.45) is 4.99 Å². The number of halogens is 1. The van der Waals surface area contributed by atoms with Crippen LogP contribution in [-0.2, 0) is 4.74 Å². The Balaban J connectivity index is 0.00000242. The lowest BCUT2D eigenvalue weighted by molar-refractivity contribution is -0.00830. The molecule has 0 spiro atoms. The van der Waals surface area contributed by atoms with Crippen LogP contribution in [0.1, 0.15) is 24.2 Å². The first-order valence-electron chi connectivity index (χ1n) is 7.40. The van der Waals surface area contributed by atoms with E-state index in [4.69, 9.17) is 11.2 Å². The summed E-state index contributed by atoms with van der Waals surface area (Å²) in [5.74, 6) is 3.43. The molecular weight excluding hydrogens is 389 g/mol. The Morgan fingerprint density at radius 2 is 2.27 bits per heavy atom. The molecule has 0 saturated carbocycles. The molecule has 0 amide bonds. The number of nitrogens with one attached hydrogen (secondary N) is 1.